The number of carbonyl (C=O) groups is 1. The summed E-state index contributed by atoms with van der Waals surface area (Å²) < 4.78 is 5.07. The molecule has 0 saturated heterocycles. The van der Waals surface area contributed by atoms with Gasteiger partial charge in [0.1, 0.15) is 5.69 Å². The van der Waals surface area contributed by atoms with Crippen molar-refractivity contribution in [3.8, 4) is 11.3 Å². The highest BCUT2D eigenvalue weighted by Gasteiger charge is 2.14. The first kappa shape index (κ1) is 14.7. The number of amides is 1. The van der Waals surface area contributed by atoms with Gasteiger partial charge in [0.05, 0.1) is 0 Å². The molecule has 3 rings (SSSR count). The molecule has 0 aliphatic carbocycles. The van der Waals surface area contributed by atoms with Crippen LogP contribution in [0.3, 0.4) is 0 Å². The van der Waals surface area contributed by atoms with Gasteiger partial charge in [0.15, 0.2) is 0 Å². The van der Waals surface area contributed by atoms with E-state index in [1.807, 2.05) is 50.2 Å². The minimum absolute atomic E-state index is 0.0979. The molecular formula is C16H15N5O2. The van der Waals surface area contributed by atoms with E-state index in [0.717, 1.165) is 17.0 Å². The molecule has 23 heavy (non-hydrogen) atoms. The van der Waals surface area contributed by atoms with E-state index in [0.29, 0.717) is 11.6 Å². The molecule has 0 unspecified atom stereocenters. The van der Waals surface area contributed by atoms with Gasteiger partial charge in [-0.2, -0.15) is 0 Å². The fourth-order valence-electron chi connectivity index (χ4n) is 2.08. The van der Waals surface area contributed by atoms with E-state index in [4.69, 9.17) is 4.52 Å². The molecule has 3 aromatic rings. The highest BCUT2D eigenvalue weighted by molar-refractivity contribution is 5.92. The molecule has 7 nitrogen and oxygen atoms in total. The summed E-state index contributed by atoms with van der Waals surface area (Å²) >= 11 is 0. The molecule has 2 N–H and O–H groups in total. The Morgan fingerprint density at radius 3 is 2.43 bits per heavy atom. The molecule has 2 heterocycles. The minimum Gasteiger partial charge on any atom is -0.350 e. The zero-order valence-electron chi connectivity index (χ0n) is 12.7. The van der Waals surface area contributed by atoms with Crippen LogP contribution in [0.15, 0.2) is 47.0 Å². The molecular weight excluding hydrogens is 294 g/mol. The predicted octanol–water partition coefficient (Wildman–Crippen LogP) is 2.51. The van der Waals surface area contributed by atoms with Gasteiger partial charge in [-0.3, -0.25) is 15.6 Å². The number of anilines is 1. The summed E-state index contributed by atoms with van der Waals surface area (Å²) in [6, 6.07) is 12.9. The molecule has 0 aliphatic heterocycles. The average molecular weight is 309 g/mol. The summed E-state index contributed by atoms with van der Waals surface area (Å²) in [5.74, 6) is -0.0400. The van der Waals surface area contributed by atoms with Crippen molar-refractivity contribution in [2.24, 2.45) is 0 Å². The molecule has 0 radical (unpaired) electrons. The number of aryl methyl sites for hydroxylation is 2. The Morgan fingerprint density at radius 1 is 1.04 bits per heavy atom. The quantitative estimate of drug-likeness (QED) is 0.719. The second-order valence-corrected chi connectivity index (χ2v) is 5.00. The van der Waals surface area contributed by atoms with E-state index in [1.54, 1.807) is 6.07 Å². The summed E-state index contributed by atoms with van der Waals surface area (Å²) in [7, 11) is 0. The lowest BCUT2D eigenvalue weighted by Gasteiger charge is -2.06. The molecule has 0 saturated carbocycles. The van der Waals surface area contributed by atoms with Gasteiger partial charge in [-0.25, -0.2) is 9.97 Å². The van der Waals surface area contributed by atoms with Gasteiger partial charge in [-0.15, -0.1) is 0 Å². The van der Waals surface area contributed by atoms with Gasteiger partial charge in [0.2, 0.25) is 11.7 Å². The zero-order chi connectivity index (χ0) is 16.2. The van der Waals surface area contributed by atoms with Crippen molar-refractivity contribution >= 4 is 11.9 Å². The van der Waals surface area contributed by atoms with Crippen LogP contribution in [-0.4, -0.2) is 21.0 Å². The molecule has 0 atom stereocenters. The lowest BCUT2D eigenvalue weighted by Crippen LogP contribution is -2.30. The van der Waals surface area contributed by atoms with Crippen LogP contribution in [0.2, 0.25) is 0 Å². The number of hydrazine groups is 1. The molecule has 1 amide bonds. The van der Waals surface area contributed by atoms with Gasteiger partial charge in [-0.1, -0.05) is 35.5 Å². The Morgan fingerprint density at radius 2 is 1.74 bits per heavy atom. The topological polar surface area (TPSA) is 92.9 Å². The number of hydrogen-bond acceptors (Lipinski definition) is 6. The third kappa shape index (κ3) is 3.52. The van der Waals surface area contributed by atoms with Crippen molar-refractivity contribution in [2.75, 3.05) is 5.43 Å². The van der Waals surface area contributed by atoms with Gasteiger partial charge >= 0.3 is 5.91 Å². The van der Waals surface area contributed by atoms with Crippen LogP contribution in [0.1, 0.15) is 21.9 Å². The summed E-state index contributed by atoms with van der Waals surface area (Å²) in [4.78, 5) is 20.4. The van der Waals surface area contributed by atoms with E-state index in [2.05, 4.69) is 26.0 Å². The molecule has 116 valence electrons. The first-order chi connectivity index (χ1) is 11.1. The molecule has 0 bridgehead atoms. The van der Waals surface area contributed by atoms with Gasteiger partial charge in [0, 0.05) is 23.0 Å². The largest absolute Gasteiger partial charge is 0.350 e. The van der Waals surface area contributed by atoms with E-state index >= 15 is 0 Å². The SMILES string of the molecule is Cc1cc(C)nc(NNC(=O)c2cc(-c3ccccc3)no2)n1. The van der Waals surface area contributed by atoms with Gasteiger partial charge in [-0.05, 0) is 19.9 Å². The second kappa shape index (κ2) is 6.27. The smallest absolute Gasteiger partial charge is 0.308 e. The first-order valence-corrected chi connectivity index (χ1v) is 7.02. The molecule has 1 aromatic carbocycles. The van der Waals surface area contributed by atoms with Crippen LogP contribution < -0.4 is 10.9 Å². The van der Waals surface area contributed by atoms with E-state index in [9.17, 15) is 4.79 Å². The standard InChI is InChI=1S/C16H15N5O2/c1-10-8-11(2)18-16(17-10)20-19-15(22)14-9-13(21-23-14)12-6-4-3-5-7-12/h3-9H,1-2H3,(H,19,22)(H,17,18,20). The van der Waals surface area contributed by atoms with Crippen LogP contribution in [0.5, 0.6) is 0 Å². The van der Waals surface area contributed by atoms with Crippen molar-refractivity contribution in [3.05, 3.63) is 59.6 Å². The minimum atomic E-state index is -0.456. The summed E-state index contributed by atoms with van der Waals surface area (Å²) in [6.45, 7) is 3.70. The Kier molecular flexibility index (Phi) is 4.01. The van der Waals surface area contributed by atoms with Crippen molar-refractivity contribution in [1.29, 1.82) is 0 Å². The molecule has 7 heteroatoms. The number of nitrogens with one attached hydrogen (secondary N) is 2. The second-order valence-electron chi connectivity index (χ2n) is 5.00. The van der Waals surface area contributed by atoms with E-state index in [-0.39, 0.29) is 5.76 Å². The fourth-order valence-corrected chi connectivity index (χ4v) is 2.08. The maximum absolute atomic E-state index is 12.1. The Labute approximate surface area is 132 Å². The molecule has 0 spiro atoms. The van der Waals surface area contributed by atoms with Gasteiger partial charge < -0.3 is 4.52 Å². The molecule has 0 aliphatic rings. The highest BCUT2D eigenvalue weighted by atomic mass is 16.5. The van der Waals surface area contributed by atoms with E-state index in [1.165, 1.54) is 0 Å². The Bertz CT molecular complexity index is 809. The number of aromatic nitrogens is 3. The van der Waals surface area contributed by atoms with E-state index < -0.39 is 5.91 Å². The number of rotatable bonds is 4. The Hall–Kier alpha value is -3.22. The zero-order valence-corrected chi connectivity index (χ0v) is 12.7. The lowest BCUT2D eigenvalue weighted by molar-refractivity contribution is 0.0925. The lowest BCUT2D eigenvalue weighted by atomic mass is 10.1. The monoisotopic (exact) mass is 309 g/mol. The number of hydrogen-bond donors (Lipinski definition) is 2. The van der Waals surface area contributed by atoms with Crippen LogP contribution in [0, 0.1) is 13.8 Å². The third-order valence-electron chi connectivity index (χ3n) is 3.07. The maximum Gasteiger partial charge on any atom is 0.308 e. The van der Waals surface area contributed by atoms with Crippen molar-refractivity contribution < 1.29 is 9.32 Å². The third-order valence-corrected chi connectivity index (χ3v) is 3.07. The maximum atomic E-state index is 12.1. The van der Waals surface area contributed by atoms with Crippen molar-refractivity contribution in [3.63, 3.8) is 0 Å². The molecule has 0 fully saturated rings. The van der Waals surface area contributed by atoms with Crippen LogP contribution >= 0.6 is 0 Å². The average Bonchev–Trinajstić information content (AvgIpc) is 3.03. The summed E-state index contributed by atoms with van der Waals surface area (Å²) in [5, 5.41) is 3.90. The van der Waals surface area contributed by atoms with Crippen LogP contribution in [0.4, 0.5) is 5.95 Å². The number of carbonyl (C=O) groups excluding carboxylic acids is 1. The Balaban J connectivity index is 1.68. The number of nitrogens with zero attached hydrogens (tertiary/aromatic N) is 3. The van der Waals surface area contributed by atoms with Crippen molar-refractivity contribution in [1.82, 2.24) is 20.6 Å². The summed E-state index contributed by atoms with van der Waals surface area (Å²) in [6.07, 6.45) is 0. The van der Waals surface area contributed by atoms with Crippen molar-refractivity contribution in [2.45, 2.75) is 13.8 Å². The number of benzene rings is 1. The van der Waals surface area contributed by atoms with Gasteiger partial charge in [0.25, 0.3) is 0 Å². The normalized spacial score (nSPS) is 10.3. The molecule has 2 aromatic heterocycles. The first-order valence-electron chi connectivity index (χ1n) is 7.02. The fraction of sp³-hybridized carbons (Fsp3) is 0.125. The highest BCUT2D eigenvalue weighted by Crippen LogP contribution is 2.18. The van der Waals surface area contributed by atoms with Crippen LogP contribution in [0.25, 0.3) is 11.3 Å². The predicted molar refractivity (Wildman–Crippen MR) is 84.5 cm³/mol. The van der Waals surface area contributed by atoms with Crippen LogP contribution in [-0.2, 0) is 0 Å². The summed E-state index contributed by atoms with van der Waals surface area (Å²) in [5.41, 5.74) is 8.23.